The van der Waals surface area contributed by atoms with E-state index in [-0.39, 0.29) is 24.8 Å². The van der Waals surface area contributed by atoms with Crippen molar-refractivity contribution in [3.05, 3.63) is 261 Å². The number of rotatable bonds is 10. The maximum absolute atomic E-state index is 2.65. The van der Waals surface area contributed by atoms with Crippen LogP contribution >= 0.6 is 0 Å². The van der Waals surface area contributed by atoms with Gasteiger partial charge in [0.15, 0.2) is 0 Å². The molecule has 0 heterocycles. The Kier molecular flexibility index (Phi) is 17.1. The van der Waals surface area contributed by atoms with Gasteiger partial charge in [-0.2, -0.15) is 0 Å². The van der Waals surface area contributed by atoms with Crippen molar-refractivity contribution in [2.75, 3.05) is 0 Å². The van der Waals surface area contributed by atoms with E-state index in [0.29, 0.717) is 14.7 Å². The summed E-state index contributed by atoms with van der Waals surface area (Å²) in [6.07, 6.45) is 10.2. The van der Waals surface area contributed by atoms with E-state index in [1.54, 1.807) is 44.5 Å². The van der Waals surface area contributed by atoms with Crippen molar-refractivity contribution in [3.63, 3.8) is 0 Å². The van der Waals surface area contributed by atoms with Gasteiger partial charge in [-0.05, 0) is 0 Å². The Morgan fingerprint density at radius 3 is 0.662 bits per heavy atom. The van der Waals surface area contributed by atoms with E-state index < -0.39 is 53.2 Å². The average molecular weight is 1370 g/mol. The molecular formula is C68H66Cl2Hf2Si2. The number of hydrogen-bond donors (Lipinski definition) is 0. The molecule has 0 nitrogen and oxygen atoms in total. The van der Waals surface area contributed by atoms with Crippen LogP contribution in [0.5, 0.6) is 0 Å². The predicted molar refractivity (Wildman–Crippen MR) is 311 cm³/mol. The Bertz CT molecular complexity index is 2980. The Labute approximate surface area is 471 Å². The molecule has 6 heteroatoms. The first kappa shape index (κ1) is 54.3. The van der Waals surface area contributed by atoms with Crippen LogP contribution < -0.4 is 24.8 Å². The van der Waals surface area contributed by atoms with Gasteiger partial charge in [-0.1, -0.05) is 0 Å². The molecule has 8 aromatic carbocycles. The molecule has 0 amide bonds. The third-order valence-electron chi connectivity index (χ3n) is 16.1. The van der Waals surface area contributed by atoms with Gasteiger partial charge < -0.3 is 24.8 Å². The summed E-state index contributed by atoms with van der Waals surface area (Å²) in [4.78, 5) is 0. The van der Waals surface area contributed by atoms with Crippen LogP contribution in [-0.2, 0) is 41.2 Å². The van der Waals surface area contributed by atoms with Crippen molar-refractivity contribution in [2.45, 2.75) is 68.6 Å². The molecule has 8 aromatic rings. The summed E-state index contributed by atoms with van der Waals surface area (Å²) in [7, 11) is 0. The van der Waals surface area contributed by atoms with E-state index in [1.165, 1.54) is 66.8 Å². The van der Waals surface area contributed by atoms with Gasteiger partial charge in [0.05, 0.1) is 0 Å². The van der Waals surface area contributed by atoms with Crippen molar-refractivity contribution in [2.24, 2.45) is 0 Å². The monoisotopic (exact) mass is 1370 g/mol. The number of fused-ring (bicyclic) bond motifs is 4. The fourth-order valence-electron chi connectivity index (χ4n) is 13.1. The van der Waals surface area contributed by atoms with Crippen LogP contribution in [0.3, 0.4) is 0 Å². The molecule has 4 aliphatic rings. The minimum atomic E-state index is -2.22. The van der Waals surface area contributed by atoms with Gasteiger partial charge in [-0.15, -0.1) is 0 Å². The van der Waals surface area contributed by atoms with E-state index in [0.717, 1.165) is 0 Å². The zero-order chi connectivity index (χ0) is 49.6. The average Bonchev–Trinajstić information content (AvgIpc) is 4.14. The van der Waals surface area contributed by atoms with Crippen LogP contribution in [0.1, 0.15) is 86.9 Å². The molecule has 4 atom stereocenters. The fourth-order valence-corrected chi connectivity index (χ4v) is 78.9. The second-order valence-corrected chi connectivity index (χ2v) is 77.2. The van der Waals surface area contributed by atoms with Crippen LogP contribution in [0, 0.1) is 0 Å². The molecule has 0 N–H and O–H groups in total. The van der Waals surface area contributed by atoms with Crippen molar-refractivity contribution < 1.29 is 66.0 Å². The minimum absolute atomic E-state index is 0. The Balaban J connectivity index is 0.000000177. The molecule has 0 radical (unpaired) electrons. The summed E-state index contributed by atoms with van der Waals surface area (Å²) in [6.45, 7) is 20.3. The Hall–Kier alpha value is -4.53. The van der Waals surface area contributed by atoms with Crippen LogP contribution in [0.4, 0.5) is 0 Å². The Morgan fingerprint density at radius 1 is 0.270 bits per heavy atom. The van der Waals surface area contributed by atoms with Gasteiger partial charge >= 0.3 is 451 Å². The second-order valence-electron chi connectivity index (χ2n) is 21.3. The summed E-state index contributed by atoms with van der Waals surface area (Å²) in [5, 5.41) is 0. The van der Waals surface area contributed by atoms with E-state index in [9.17, 15) is 0 Å². The van der Waals surface area contributed by atoms with Gasteiger partial charge in [0.25, 0.3) is 0 Å². The summed E-state index contributed by atoms with van der Waals surface area (Å²) >= 11 is -4.45. The van der Waals surface area contributed by atoms with Gasteiger partial charge in [-0.25, -0.2) is 0 Å². The van der Waals surface area contributed by atoms with E-state index in [4.69, 9.17) is 0 Å². The van der Waals surface area contributed by atoms with Crippen molar-refractivity contribution in [1.29, 1.82) is 0 Å². The summed E-state index contributed by atoms with van der Waals surface area (Å²) in [5.41, 5.74) is 29.9. The molecule has 0 aromatic heterocycles. The molecule has 0 aliphatic heterocycles. The van der Waals surface area contributed by atoms with E-state index in [2.05, 4.69) is 272 Å². The summed E-state index contributed by atoms with van der Waals surface area (Å²) in [6, 6.07) is 72.2. The first-order valence-electron chi connectivity index (χ1n) is 26.3. The first-order valence-corrected chi connectivity index (χ1v) is 52.8. The summed E-state index contributed by atoms with van der Waals surface area (Å²) < 4.78 is 2.78. The topological polar surface area (TPSA) is 0 Å². The Morgan fingerprint density at radius 2 is 0.473 bits per heavy atom. The molecule has 12 rings (SSSR count). The standard InChI is InChI=1S/4C16H13.2C2H7Si.2ClH.2Hf/c4*1-12-10-14-8-5-9-15(16(14)11-12)13-6-3-2-4-7-13;2*1-3-2;;;;/h4*2-11H,1H3;2*3H,1-2H3;2*1H;;/q;;;;;;;;2*+1/p-2. The number of halogens is 2. The molecule has 0 spiro atoms. The maximum Gasteiger partial charge on any atom is -1.00 e. The van der Waals surface area contributed by atoms with E-state index >= 15 is 0 Å². The quantitative estimate of drug-likeness (QED) is 0.120. The van der Waals surface area contributed by atoms with Crippen LogP contribution in [0.25, 0.3) is 68.8 Å². The smallest absolute Gasteiger partial charge is 1.00 e. The summed E-state index contributed by atoms with van der Waals surface area (Å²) in [5.74, 6) is -1.67. The van der Waals surface area contributed by atoms with Gasteiger partial charge in [0.2, 0.25) is 0 Å². The molecule has 0 fully saturated rings. The van der Waals surface area contributed by atoms with Crippen LogP contribution in [-0.4, -0.2) is 12.0 Å². The molecule has 74 heavy (non-hydrogen) atoms. The fraction of sp³-hybridized carbons (Fsp3) is 0.176. The maximum atomic E-state index is 2.65. The number of benzene rings is 8. The van der Waals surface area contributed by atoms with Crippen molar-refractivity contribution >= 4 is 36.3 Å². The zero-order valence-corrected chi connectivity index (χ0v) is 55.0. The normalized spacial score (nSPS) is 17.5. The number of allylic oxidation sites excluding steroid dienone is 4. The molecule has 4 unspecified atom stereocenters. The van der Waals surface area contributed by atoms with Crippen molar-refractivity contribution in [3.8, 4) is 44.5 Å². The van der Waals surface area contributed by atoms with Gasteiger partial charge in [0, 0.05) is 0 Å². The van der Waals surface area contributed by atoms with Gasteiger partial charge in [0.1, 0.15) is 0 Å². The predicted octanol–water partition coefficient (Wildman–Crippen LogP) is 12.5. The van der Waals surface area contributed by atoms with E-state index in [1.807, 2.05) is 0 Å². The largest absolute Gasteiger partial charge is 1.00 e. The second kappa shape index (κ2) is 23.4. The van der Waals surface area contributed by atoms with Crippen molar-refractivity contribution in [1.82, 2.24) is 0 Å². The molecule has 0 saturated heterocycles. The zero-order valence-electron chi connectivity index (χ0n) is 44.0. The van der Waals surface area contributed by atoms with Crippen LogP contribution in [0.15, 0.2) is 216 Å². The van der Waals surface area contributed by atoms with Crippen LogP contribution in [0.2, 0.25) is 26.2 Å². The number of hydrogen-bond acceptors (Lipinski definition) is 0. The molecule has 0 saturated carbocycles. The third-order valence-corrected chi connectivity index (χ3v) is 79.0. The SMILES string of the molecule is CC1=Cc2c(-c3ccccc3)cccc2[CH]1[Hf+]([CH]1C(C)=Cc2c(-c3ccccc3)cccc21)[SiH](C)C.CC1=Cc2c(-c3ccccc3)cccc2[CH]1[Hf+]([CH]1C(C)=Cc2c(-c3ccccc3)cccc21)[SiH](C)C.[Cl-].[Cl-]. The molecular weight excluding hydrogens is 1300 g/mol. The molecule has 368 valence electrons. The van der Waals surface area contributed by atoms with Gasteiger partial charge in [-0.3, -0.25) is 0 Å². The first-order chi connectivity index (χ1) is 35.1. The minimum Gasteiger partial charge on any atom is -1.00 e. The molecule has 0 bridgehead atoms. The molecule has 4 aliphatic carbocycles. The third kappa shape index (κ3) is 10.1.